The van der Waals surface area contributed by atoms with E-state index in [0.717, 1.165) is 61.6 Å². The van der Waals surface area contributed by atoms with Crippen LogP contribution < -0.4 is 9.80 Å². The Bertz CT molecular complexity index is 4050. The quantitative estimate of drug-likeness (QED) is 0.152. The van der Waals surface area contributed by atoms with Crippen molar-refractivity contribution in [3.63, 3.8) is 0 Å². The molecule has 1 unspecified atom stereocenters. The first-order chi connectivity index (χ1) is 34.2. The van der Waals surface area contributed by atoms with Gasteiger partial charge < -0.3 is 18.8 Å². The van der Waals surface area contributed by atoms with E-state index < -0.39 is 5.54 Å². The molecular weight excluding hydrogens is 839 g/mol. The average Bonchev–Trinajstić information content (AvgIpc) is 4.05. The summed E-state index contributed by atoms with van der Waals surface area (Å²) in [6, 6.07) is 95.0. The maximum absolute atomic E-state index is 6.64. The zero-order valence-corrected chi connectivity index (χ0v) is 37.6. The van der Waals surface area contributed by atoms with Crippen LogP contribution in [0.3, 0.4) is 0 Å². The van der Waals surface area contributed by atoms with Crippen molar-refractivity contribution in [3.05, 3.63) is 278 Å². The van der Waals surface area contributed by atoms with Gasteiger partial charge in [0.15, 0.2) is 0 Å². The van der Waals surface area contributed by atoms with Crippen molar-refractivity contribution in [1.82, 2.24) is 4.57 Å². The number of anilines is 5. The number of para-hydroxylation sites is 4. The molecule has 0 saturated carbocycles. The van der Waals surface area contributed by atoms with E-state index in [1.54, 1.807) is 0 Å². The van der Waals surface area contributed by atoms with Crippen LogP contribution in [0.15, 0.2) is 265 Å². The molecule has 14 rings (SSSR count). The molecule has 69 heavy (non-hydrogen) atoms. The van der Waals surface area contributed by atoms with E-state index in [1.807, 2.05) is 6.07 Å². The first kappa shape index (κ1) is 39.1. The zero-order chi connectivity index (χ0) is 45.5. The molecule has 0 amide bonds. The van der Waals surface area contributed by atoms with Gasteiger partial charge >= 0.3 is 0 Å². The first-order valence-corrected chi connectivity index (χ1v) is 23.7. The molecule has 0 saturated heterocycles. The predicted molar refractivity (Wildman–Crippen MR) is 287 cm³/mol. The van der Waals surface area contributed by atoms with Crippen LogP contribution in [0, 0.1) is 0 Å². The van der Waals surface area contributed by atoms with Crippen LogP contribution >= 0.6 is 0 Å². The number of nitrogens with zero attached hydrogens (tertiary/aromatic N) is 3. The second kappa shape index (κ2) is 15.5. The molecule has 4 nitrogen and oxygen atoms in total. The molecule has 324 valence electrons. The van der Waals surface area contributed by atoms with Crippen LogP contribution in [0.4, 0.5) is 28.4 Å². The van der Waals surface area contributed by atoms with Crippen molar-refractivity contribution in [2.45, 2.75) is 5.54 Å². The molecule has 0 spiro atoms. The molecule has 2 aromatic heterocycles. The van der Waals surface area contributed by atoms with Crippen molar-refractivity contribution in [3.8, 4) is 16.8 Å². The van der Waals surface area contributed by atoms with E-state index in [1.165, 1.54) is 54.9 Å². The number of hydrogen-bond acceptors (Lipinski definition) is 3. The summed E-state index contributed by atoms with van der Waals surface area (Å²) in [5.41, 5.74) is 15.7. The normalized spacial score (nSPS) is 14.1. The third-order valence-corrected chi connectivity index (χ3v) is 14.4. The molecule has 0 bridgehead atoms. The third-order valence-electron chi connectivity index (χ3n) is 14.4. The first-order valence-electron chi connectivity index (χ1n) is 23.7. The van der Waals surface area contributed by atoms with Gasteiger partial charge in [-0.05, 0) is 112 Å². The Balaban J connectivity index is 1.07. The summed E-state index contributed by atoms with van der Waals surface area (Å²) in [5, 5.41) is 7.03. The second-order valence-corrected chi connectivity index (χ2v) is 18.0. The number of fused-ring (bicyclic) bond motifs is 10. The fraction of sp³-hybridized carbons (Fsp3) is 0.0154. The van der Waals surface area contributed by atoms with Gasteiger partial charge in [-0.15, -0.1) is 0 Å². The summed E-state index contributed by atoms with van der Waals surface area (Å²) in [6.45, 7) is 0. The number of benzene rings is 11. The van der Waals surface area contributed by atoms with Gasteiger partial charge in [0, 0.05) is 61.4 Å². The van der Waals surface area contributed by atoms with Gasteiger partial charge in [0.25, 0.3) is 0 Å². The van der Waals surface area contributed by atoms with E-state index in [-0.39, 0.29) is 0 Å². The molecule has 0 aliphatic heterocycles. The van der Waals surface area contributed by atoms with E-state index in [9.17, 15) is 0 Å². The van der Waals surface area contributed by atoms with Crippen LogP contribution in [0.25, 0.3) is 71.3 Å². The smallest absolute Gasteiger partial charge is 0.137 e. The highest BCUT2D eigenvalue weighted by Crippen LogP contribution is 2.59. The Morgan fingerprint density at radius 3 is 1.68 bits per heavy atom. The Labute approximate surface area is 399 Å². The molecule has 1 aliphatic rings. The fourth-order valence-corrected chi connectivity index (χ4v) is 11.5. The van der Waals surface area contributed by atoms with E-state index >= 15 is 0 Å². The molecule has 0 fully saturated rings. The van der Waals surface area contributed by atoms with E-state index in [0.29, 0.717) is 0 Å². The van der Waals surface area contributed by atoms with Gasteiger partial charge in [-0.25, -0.2) is 0 Å². The minimum absolute atomic E-state index is 0.773. The SMILES string of the molecule is c1ccc(N(c2ccccc2)C2(c3ccccc3)c3ccccc3-c3ccc(N(c4ccc5c(c4)oc4ccccc45)c4ccc5c6ccccc6n(-c6cccc7ccccc67)c5c4)cc32)cc1. The third kappa shape index (κ3) is 5.89. The Morgan fingerprint density at radius 1 is 0.333 bits per heavy atom. The summed E-state index contributed by atoms with van der Waals surface area (Å²) in [6.07, 6.45) is 0. The molecule has 2 heterocycles. The largest absolute Gasteiger partial charge is 0.456 e. The topological polar surface area (TPSA) is 24.6 Å². The van der Waals surface area contributed by atoms with Crippen molar-refractivity contribution < 1.29 is 4.42 Å². The summed E-state index contributed by atoms with van der Waals surface area (Å²) in [5.74, 6) is 0. The number of furan rings is 1. The molecule has 1 atom stereocenters. The monoisotopic (exact) mass is 881 g/mol. The van der Waals surface area contributed by atoms with E-state index in [4.69, 9.17) is 4.42 Å². The average molecular weight is 882 g/mol. The highest BCUT2D eigenvalue weighted by atomic mass is 16.3. The molecular formula is C65H43N3O. The van der Waals surface area contributed by atoms with E-state index in [2.05, 4.69) is 269 Å². The Hall–Kier alpha value is -9.12. The standard InChI is InChI=1S/C65H43N3O/c1-4-21-45(22-5-1)65(68(46-23-6-2-7-24-46)47-25-8-3-9-26-47)58-31-15-12-28-52(58)53-38-35-48(41-59(53)65)66(50-37-40-57-56-30-14-17-34-63(56)69-64(57)43-50)49-36-39-55-54-29-13-16-32-61(54)67(62(55)42-49)60-33-18-20-44-19-10-11-27-51(44)60/h1-43H. The highest BCUT2D eigenvalue weighted by Gasteiger charge is 2.50. The van der Waals surface area contributed by atoms with Crippen molar-refractivity contribution in [2.75, 3.05) is 9.80 Å². The predicted octanol–water partition coefficient (Wildman–Crippen LogP) is 17.4. The van der Waals surface area contributed by atoms with Gasteiger partial charge in [0.2, 0.25) is 0 Å². The Kier molecular flexibility index (Phi) is 8.77. The maximum Gasteiger partial charge on any atom is 0.137 e. The van der Waals surface area contributed by atoms with Crippen LogP contribution in [0.1, 0.15) is 16.7 Å². The van der Waals surface area contributed by atoms with Crippen molar-refractivity contribution >= 4 is 83.0 Å². The lowest BCUT2D eigenvalue weighted by Crippen LogP contribution is -2.44. The lowest BCUT2D eigenvalue weighted by Gasteiger charge is -2.45. The van der Waals surface area contributed by atoms with Crippen LogP contribution in [0.2, 0.25) is 0 Å². The molecule has 0 N–H and O–H groups in total. The highest BCUT2D eigenvalue weighted by molar-refractivity contribution is 6.12. The minimum Gasteiger partial charge on any atom is -0.456 e. The fourth-order valence-electron chi connectivity index (χ4n) is 11.5. The molecule has 11 aromatic carbocycles. The van der Waals surface area contributed by atoms with Gasteiger partial charge in [0.05, 0.1) is 16.7 Å². The summed E-state index contributed by atoms with van der Waals surface area (Å²) < 4.78 is 9.10. The summed E-state index contributed by atoms with van der Waals surface area (Å²) in [7, 11) is 0. The van der Waals surface area contributed by atoms with Crippen LogP contribution in [0.5, 0.6) is 0 Å². The zero-order valence-electron chi connectivity index (χ0n) is 37.6. The van der Waals surface area contributed by atoms with Gasteiger partial charge in [0.1, 0.15) is 16.7 Å². The van der Waals surface area contributed by atoms with Crippen molar-refractivity contribution in [2.24, 2.45) is 0 Å². The molecule has 4 heteroatoms. The number of rotatable bonds is 8. The Morgan fingerprint density at radius 2 is 0.884 bits per heavy atom. The lowest BCUT2D eigenvalue weighted by molar-refractivity contribution is 0.644. The van der Waals surface area contributed by atoms with Gasteiger partial charge in [-0.1, -0.05) is 176 Å². The van der Waals surface area contributed by atoms with Gasteiger partial charge in [-0.2, -0.15) is 0 Å². The number of hydrogen-bond donors (Lipinski definition) is 0. The second-order valence-electron chi connectivity index (χ2n) is 18.0. The summed E-state index contributed by atoms with van der Waals surface area (Å²) >= 11 is 0. The van der Waals surface area contributed by atoms with Gasteiger partial charge in [-0.3, -0.25) is 0 Å². The maximum atomic E-state index is 6.64. The lowest BCUT2D eigenvalue weighted by atomic mass is 9.78. The molecule has 13 aromatic rings. The minimum atomic E-state index is -0.773. The molecule has 1 aliphatic carbocycles. The van der Waals surface area contributed by atoms with Crippen LogP contribution in [-0.4, -0.2) is 4.57 Å². The van der Waals surface area contributed by atoms with Crippen LogP contribution in [-0.2, 0) is 5.54 Å². The van der Waals surface area contributed by atoms with Crippen molar-refractivity contribution in [1.29, 1.82) is 0 Å². The molecule has 0 radical (unpaired) electrons. The number of aromatic nitrogens is 1. The summed E-state index contributed by atoms with van der Waals surface area (Å²) in [4.78, 5) is 4.97.